The van der Waals surface area contributed by atoms with Gasteiger partial charge < -0.3 is 20.8 Å². The van der Waals surface area contributed by atoms with Crippen molar-refractivity contribution in [2.45, 2.75) is 84.4 Å². The maximum absolute atomic E-state index is 13.7. The highest BCUT2D eigenvalue weighted by Gasteiger charge is 2.67. The van der Waals surface area contributed by atoms with E-state index in [9.17, 15) is 15.0 Å². The molecule has 10 atom stereocenters. The van der Waals surface area contributed by atoms with Crippen molar-refractivity contribution in [3.8, 4) is 0 Å². The van der Waals surface area contributed by atoms with Crippen LogP contribution < -0.4 is 5.73 Å². The molecule has 3 saturated carbocycles. The van der Waals surface area contributed by atoms with Crippen LogP contribution in [-0.2, 0) is 4.79 Å². The van der Waals surface area contributed by atoms with E-state index in [1.165, 1.54) is 5.57 Å². The third-order valence-corrected chi connectivity index (χ3v) is 11.0. The van der Waals surface area contributed by atoms with Gasteiger partial charge in [-0.25, -0.2) is 0 Å². The third kappa shape index (κ3) is 3.13. The Morgan fingerprint density at radius 3 is 2.52 bits per heavy atom. The normalized spacial score (nSPS) is 50.9. The van der Waals surface area contributed by atoms with Crippen molar-refractivity contribution in [2.24, 2.45) is 45.7 Å². The Morgan fingerprint density at radius 1 is 1.23 bits per heavy atom. The van der Waals surface area contributed by atoms with Gasteiger partial charge in [-0.2, -0.15) is 0 Å². The molecule has 0 amide bonds. The fraction of sp³-hybridized carbons (Fsp3) is 0.885. The van der Waals surface area contributed by atoms with Gasteiger partial charge in [-0.3, -0.25) is 4.79 Å². The second kappa shape index (κ2) is 7.65. The van der Waals surface area contributed by atoms with E-state index in [1.807, 2.05) is 0 Å². The predicted octanol–water partition coefficient (Wildman–Crippen LogP) is 2.99. The highest BCUT2D eigenvalue weighted by Crippen LogP contribution is 2.69. The number of carbonyl (C=O) groups excluding carboxylic acids is 1. The van der Waals surface area contributed by atoms with E-state index >= 15 is 0 Å². The molecule has 0 bridgehead atoms. The summed E-state index contributed by atoms with van der Waals surface area (Å²) in [5.41, 5.74) is 7.25. The van der Waals surface area contributed by atoms with Gasteiger partial charge in [-0.05, 0) is 75.8 Å². The molecule has 5 heteroatoms. The Morgan fingerprint density at radius 2 is 1.90 bits per heavy atom. The van der Waals surface area contributed by atoms with E-state index in [4.69, 9.17) is 5.73 Å². The molecule has 0 saturated heterocycles. The summed E-state index contributed by atoms with van der Waals surface area (Å²) in [6.45, 7) is 9.07. The summed E-state index contributed by atoms with van der Waals surface area (Å²) in [4.78, 5) is 15.9. The fourth-order valence-corrected chi connectivity index (χ4v) is 8.55. The monoisotopic (exact) mass is 432 g/mol. The van der Waals surface area contributed by atoms with E-state index in [0.717, 1.165) is 32.1 Å². The van der Waals surface area contributed by atoms with Crippen LogP contribution in [0, 0.1) is 39.9 Å². The highest BCUT2D eigenvalue weighted by atomic mass is 16.3. The zero-order valence-electron chi connectivity index (χ0n) is 20.4. The lowest BCUT2D eigenvalue weighted by atomic mass is 9.48. The van der Waals surface area contributed by atoms with Crippen LogP contribution >= 0.6 is 0 Å². The molecule has 0 radical (unpaired) electrons. The Bertz CT molecular complexity index is 766. The van der Waals surface area contributed by atoms with E-state index in [-0.39, 0.29) is 64.7 Å². The number of hydrogen-bond acceptors (Lipinski definition) is 5. The number of aliphatic hydroxyl groups excluding tert-OH is 2. The Balaban J connectivity index is 1.73. The molecular weight excluding hydrogens is 388 g/mol. The minimum atomic E-state index is -0.375. The topological polar surface area (TPSA) is 86.8 Å². The molecule has 0 aromatic carbocycles. The lowest BCUT2D eigenvalue weighted by Gasteiger charge is -2.56. The van der Waals surface area contributed by atoms with Crippen LogP contribution in [0.25, 0.3) is 0 Å². The number of carbonyl (C=O) groups is 1. The Hall–Kier alpha value is -0.750. The first-order valence-corrected chi connectivity index (χ1v) is 12.3. The van der Waals surface area contributed by atoms with E-state index < -0.39 is 0 Å². The molecule has 4 aliphatic rings. The average Bonchev–Trinajstić information content (AvgIpc) is 2.83. The van der Waals surface area contributed by atoms with Gasteiger partial charge in [0, 0.05) is 35.8 Å². The number of allylic oxidation sites excluding steroid dienone is 1. The van der Waals surface area contributed by atoms with Crippen molar-refractivity contribution in [3.63, 3.8) is 0 Å². The Kier molecular flexibility index (Phi) is 5.77. The van der Waals surface area contributed by atoms with Crippen LogP contribution in [0.4, 0.5) is 0 Å². The molecule has 4 rings (SSSR count). The number of hydrogen-bond donors (Lipinski definition) is 3. The van der Waals surface area contributed by atoms with Gasteiger partial charge in [0.1, 0.15) is 5.78 Å². The Labute approximate surface area is 188 Å². The summed E-state index contributed by atoms with van der Waals surface area (Å²) in [5, 5.41) is 21.6. The largest absolute Gasteiger partial charge is 0.396 e. The smallest absolute Gasteiger partial charge is 0.137 e. The first-order valence-electron chi connectivity index (χ1n) is 12.3. The molecule has 3 fully saturated rings. The van der Waals surface area contributed by atoms with E-state index in [2.05, 4.69) is 52.8 Å². The maximum atomic E-state index is 13.7. The third-order valence-electron chi connectivity index (χ3n) is 11.0. The standard InChI is InChI=1S/C26H44N2O3/c1-15(28(5)6)23-21(31)13-25(3)19-9-8-18-16(7-10-22(27)24(18,2)14-29)11-17(19)20(30)12-26(23,25)4/h7,15,17-19,21-23,29,31H,8-14,27H2,1-6H3/t15-,17-,18+,19+,21+,22-,23-,24-,25-,26+/m0/s1. The van der Waals surface area contributed by atoms with Crippen LogP contribution in [0.1, 0.15) is 66.2 Å². The molecule has 0 spiro atoms. The maximum Gasteiger partial charge on any atom is 0.137 e. The average molecular weight is 433 g/mol. The first-order chi connectivity index (χ1) is 14.4. The zero-order valence-corrected chi connectivity index (χ0v) is 20.4. The molecule has 0 heterocycles. The molecule has 0 aromatic rings. The minimum absolute atomic E-state index is 0.0344. The number of fused-ring (bicyclic) bond motifs is 4. The van der Waals surface area contributed by atoms with Gasteiger partial charge in [0.25, 0.3) is 0 Å². The van der Waals surface area contributed by atoms with Crippen LogP contribution in [0.2, 0.25) is 0 Å². The minimum Gasteiger partial charge on any atom is -0.396 e. The quantitative estimate of drug-likeness (QED) is 0.597. The van der Waals surface area contributed by atoms with Crippen molar-refractivity contribution in [1.29, 1.82) is 0 Å². The number of aliphatic hydroxyl groups is 2. The number of nitrogens with zero attached hydrogens (tertiary/aromatic N) is 1. The lowest BCUT2D eigenvalue weighted by Crippen LogP contribution is -2.55. The summed E-state index contributed by atoms with van der Waals surface area (Å²) in [7, 11) is 4.15. The molecule has 31 heavy (non-hydrogen) atoms. The zero-order chi connectivity index (χ0) is 22.9. The number of nitrogens with two attached hydrogens (primary N) is 1. The van der Waals surface area contributed by atoms with Crippen LogP contribution in [-0.4, -0.2) is 59.8 Å². The molecule has 4 aliphatic carbocycles. The summed E-state index contributed by atoms with van der Waals surface area (Å²) in [5.74, 6) is 1.04. The summed E-state index contributed by atoms with van der Waals surface area (Å²) in [6, 6.07) is 0.180. The molecule has 0 aliphatic heterocycles. The second-order valence-electron chi connectivity index (χ2n) is 12.3. The molecule has 176 valence electrons. The molecule has 0 unspecified atom stereocenters. The first kappa shape index (κ1) is 23.4. The SMILES string of the molecule is C[C@@H]([C@H]1[C@H](O)C[C@@]2(C)[C@@H]3CC[C@@H]4C(=CC[C@H](N)[C@@]4(C)CO)C[C@@H]3C(=O)C[C@]12C)N(C)C. The summed E-state index contributed by atoms with van der Waals surface area (Å²) >= 11 is 0. The number of Topliss-reactive ketones (excluding diaryl/α,β-unsaturated/α-hetero) is 1. The molecule has 5 nitrogen and oxygen atoms in total. The van der Waals surface area contributed by atoms with Crippen molar-refractivity contribution < 1.29 is 15.0 Å². The number of ketones is 1. The highest BCUT2D eigenvalue weighted by molar-refractivity contribution is 5.84. The van der Waals surface area contributed by atoms with Crippen LogP contribution in [0.3, 0.4) is 0 Å². The van der Waals surface area contributed by atoms with Gasteiger partial charge in [-0.15, -0.1) is 0 Å². The lowest BCUT2D eigenvalue weighted by molar-refractivity contribution is -0.147. The predicted molar refractivity (Wildman–Crippen MR) is 123 cm³/mol. The van der Waals surface area contributed by atoms with Gasteiger partial charge in [0.2, 0.25) is 0 Å². The molecular formula is C26H44N2O3. The van der Waals surface area contributed by atoms with E-state index in [1.54, 1.807) is 0 Å². The molecule has 0 aromatic heterocycles. The van der Waals surface area contributed by atoms with Crippen molar-refractivity contribution in [2.75, 3.05) is 20.7 Å². The molecule has 4 N–H and O–H groups in total. The number of rotatable bonds is 3. The fourth-order valence-electron chi connectivity index (χ4n) is 8.55. The second-order valence-corrected chi connectivity index (χ2v) is 12.3. The van der Waals surface area contributed by atoms with Gasteiger partial charge in [0.05, 0.1) is 12.7 Å². The van der Waals surface area contributed by atoms with Crippen molar-refractivity contribution >= 4 is 5.78 Å². The van der Waals surface area contributed by atoms with Gasteiger partial charge in [0.15, 0.2) is 0 Å². The summed E-state index contributed by atoms with van der Waals surface area (Å²) < 4.78 is 0. The van der Waals surface area contributed by atoms with Crippen LogP contribution in [0.5, 0.6) is 0 Å². The van der Waals surface area contributed by atoms with Gasteiger partial charge >= 0.3 is 0 Å². The summed E-state index contributed by atoms with van der Waals surface area (Å²) in [6.07, 6.45) is 6.79. The van der Waals surface area contributed by atoms with Crippen molar-refractivity contribution in [3.05, 3.63) is 11.6 Å². The van der Waals surface area contributed by atoms with E-state index in [0.29, 0.717) is 12.2 Å². The van der Waals surface area contributed by atoms with Gasteiger partial charge in [-0.1, -0.05) is 32.4 Å². The van der Waals surface area contributed by atoms with Crippen LogP contribution in [0.15, 0.2) is 11.6 Å². The van der Waals surface area contributed by atoms with Crippen molar-refractivity contribution in [1.82, 2.24) is 4.90 Å².